The van der Waals surface area contributed by atoms with Gasteiger partial charge < -0.3 is 14.6 Å². The molecule has 0 unspecified atom stereocenters. The first kappa shape index (κ1) is 8.97. The highest BCUT2D eigenvalue weighted by atomic mass is 16.7. The maximum Gasteiger partial charge on any atom is 0.168 e. The summed E-state index contributed by atoms with van der Waals surface area (Å²) in [6, 6.07) is 0. The van der Waals surface area contributed by atoms with Crippen LogP contribution in [0.1, 0.15) is 20.8 Å². The molecule has 2 atom stereocenters. The van der Waals surface area contributed by atoms with E-state index in [1.54, 1.807) is 0 Å². The zero-order valence-electron chi connectivity index (χ0n) is 7.33. The molecule has 0 aromatic carbocycles. The summed E-state index contributed by atoms with van der Waals surface area (Å²) in [4.78, 5) is 0. The maximum atomic E-state index is 8.78. The van der Waals surface area contributed by atoms with Crippen LogP contribution in [-0.4, -0.2) is 30.2 Å². The van der Waals surface area contributed by atoms with Gasteiger partial charge in [0.25, 0.3) is 0 Å². The van der Waals surface area contributed by atoms with Crippen molar-refractivity contribution in [2.75, 3.05) is 13.2 Å². The molecular formula is C8H16O3. The van der Waals surface area contributed by atoms with Gasteiger partial charge in [0.1, 0.15) is 6.10 Å². The highest BCUT2D eigenvalue weighted by Gasteiger charge is 2.39. The second-order valence-electron chi connectivity index (χ2n) is 3.40. The first-order valence-electron chi connectivity index (χ1n) is 4.01. The van der Waals surface area contributed by atoms with Gasteiger partial charge in [-0.15, -0.1) is 0 Å². The lowest BCUT2D eigenvalue weighted by Gasteiger charge is -2.27. The largest absolute Gasteiger partial charge is 0.394 e. The van der Waals surface area contributed by atoms with Crippen molar-refractivity contribution < 1.29 is 14.6 Å². The number of aliphatic hydroxyl groups excluding tert-OH is 1. The number of rotatable bonds is 2. The fourth-order valence-electron chi connectivity index (χ4n) is 1.05. The Morgan fingerprint density at radius 1 is 1.64 bits per heavy atom. The molecule has 11 heavy (non-hydrogen) atoms. The molecule has 1 fully saturated rings. The van der Waals surface area contributed by atoms with Crippen LogP contribution in [0.4, 0.5) is 0 Å². The van der Waals surface area contributed by atoms with Crippen LogP contribution in [0, 0.1) is 5.92 Å². The van der Waals surface area contributed by atoms with E-state index in [1.165, 1.54) is 0 Å². The predicted molar refractivity (Wildman–Crippen MR) is 41.2 cm³/mol. The van der Waals surface area contributed by atoms with E-state index in [9.17, 15) is 0 Å². The summed E-state index contributed by atoms with van der Waals surface area (Å²) in [7, 11) is 0. The van der Waals surface area contributed by atoms with Crippen molar-refractivity contribution in [2.24, 2.45) is 5.92 Å². The van der Waals surface area contributed by atoms with Crippen LogP contribution in [0.3, 0.4) is 0 Å². The van der Waals surface area contributed by atoms with Crippen molar-refractivity contribution in [3.8, 4) is 0 Å². The number of ether oxygens (including phenoxy) is 2. The van der Waals surface area contributed by atoms with Crippen LogP contribution in [0.5, 0.6) is 0 Å². The van der Waals surface area contributed by atoms with Gasteiger partial charge in [-0.1, -0.05) is 13.8 Å². The fourth-order valence-corrected chi connectivity index (χ4v) is 1.05. The average Bonchev–Trinajstić information content (AvgIpc) is 2.33. The topological polar surface area (TPSA) is 38.7 Å². The maximum absolute atomic E-state index is 8.78. The molecule has 1 rings (SSSR count). The van der Waals surface area contributed by atoms with E-state index in [1.807, 2.05) is 20.8 Å². The number of aliphatic hydroxyl groups is 1. The van der Waals surface area contributed by atoms with Crippen LogP contribution >= 0.6 is 0 Å². The molecule has 3 nitrogen and oxygen atoms in total. The second-order valence-corrected chi connectivity index (χ2v) is 3.40. The lowest BCUT2D eigenvalue weighted by atomic mass is 10.1. The van der Waals surface area contributed by atoms with Crippen molar-refractivity contribution >= 4 is 0 Å². The van der Waals surface area contributed by atoms with Crippen molar-refractivity contribution in [2.45, 2.75) is 32.7 Å². The SMILES string of the molecule is CC(C)[C@@]1(C)OC[C@H](CO)O1. The van der Waals surface area contributed by atoms with Crippen molar-refractivity contribution in [1.29, 1.82) is 0 Å². The van der Waals surface area contributed by atoms with E-state index in [-0.39, 0.29) is 12.7 Å². The molecule has 0 spiro atoms. The lowest BCUT2D eigenvalue weighted by Crippen LogP contribution is -2.33. The molecule has 66 valence electrons. The van der Waals surface area contributed by atoms with Gasteiger partial charge in [-0.2, -0.15) is 0 Å². The Labute approximate surface area is 67.3 Å². The van der Waals surface area contributed by atoms with Crippen molar-refractivity contribution in [3.05, 3.63) is 0 Å². The molecule has 1 N–H and O–H groups in total. The first-order valence-corrected chi connectivity index (χ1v) is 4.01. The Balaban J connectivity index is 2.50. The quantitative estimate of drug-likeness (QED) is 0.648. The monoisotopic (exact) mass is 160 g/mol. The Morgan fingerprint density at radius 3 is 2.55 bits per heavy atom. The highest BCUT2D eigenvalue weighted by molar-refractivity contribution is 4.76. The van der Waals surface area contributed by atoms with Crippen LogP contribution in [0.2, 0.25) is 0 Å². The van der Waals surface area contributed by atoms with Gasteiger partial charge in [0.05, 0.1) is 13.2 Å². The van der Waals surface area contributed by atoms with E-state index >= 15 is 0 Å². The first-order chi connectivity index (χ1) is 5.08. The molecule has 0 saturated carbocycles. The molecule has 0 aromatic rings. The summed E-state index contributed by atoms with van der Waals surface area (Å²) in [6.45, 7) is 6.54. The highest BCUT2D eigenvalue weighted by Crippen LogP contribution is 2.29. The van der Waals surface area contributed by atoms with E-state index in [2.05, 4.69) is 0 Å². The third-order valence-electron chi connectivity index (χ3n) is 2.21. The molecule has 1 heterocycles. The van der Waals surface area contributed by atoms with Crippen LogP contribution < -0.4 is 0 Å². The molecule has 0 amide bonds. The minimum atomic E-state index is -0.493. The van der Waals surface area contributed by atoms with Gasteiger partial charge in [-0.3, -0.25) is 0 Å². The summed E-state index contributed by atoms with van der Waals surface area (Å²) in [5.74, 6) is -0.174. The second kappa shape index (κ2) is 3.09. The van der Waals surface area contributed by atoms with Crippen LogP contribution in [-0.2, 0) is 9.47 Å². The van der Waals surface area contributed by atoms with Gasteiger partial charge in [0, 0.05) is 5.92 Å². The van der Waals surface area contributed by atoms with Gasteiger partial charge in [0.2, 0.25) is 0 Å². The molecule has 0 aliphatic carbocycles. The van der Waals surface area contributed by atoms with Gasteiger partial charge in [-0.05, 0) is 6.92 Å². The van der Waals surface area contributed by atoms with Gasteiger partial charge in [0.15, 0.2) is 5.79 Å². The van der Waals surface area contributed by atoms with E-state index in [4.69, 9.17) is 14.6 Å². The molecule has 0 bridgehead atoms. The lowest BCUT2D eigenvalue weighted by molar-refractivity contribution is -0.186. The third-order valence-corrected chi connectivity index (χ3v) is 2.21. The molecular weight excluding hydrogens is 144 g/mol. The summed E-state index contributed by atoms with van der Waals surface area (Å²) in [5.41, 5.74) is 0. The molecule has 0 radical (unpaired) electrons. The standard InChI is InChI=1S/C8H16O3/c1-6(2)8(3)10-5-7(4-9)11-8/h6-7,9H,4-5H2,1-3H3/t7-,8-/m0/s1. The minimum Gasteiger partial charge on any atom is -0.394 e. The minimum absolute atomic E-state index is 0.0440. The van der Waals surface area contributed by atoms with E-state index in [0.29, 0.717) is 12.5 Å². The van der Waals surface area contributed by atoms with Crippen LogP contribution in [0.15, 0.2) is 0 Å². The van der Waals surface area contributed by atoms with Crippen molar-refractivity contribution in [1.82, 2.24) is 0 Å². The Bertz CT molecular complexity index is 135. The Kier molecular flexibility index (Phi) is 2.52. The Hall–Kier alpha value is -0.120. The summed E-state index contributed by atoms with van der Waals surface area (Å²) >= 11 is 0. The zero-order valence-corrected chi connectivity index (χ0v) is 7.33. The fraction of sp³-hybridized carbons (Fsp3) is 1.00. The normalized spacial score (nSPS) is 38.5. The zero-order chi connectivity index (χ0) is 8.48. The molecule has 1 aliphatic rings. The molecule has 0 aromatic heterocycles. The smallest absolute Gasteiger partial charge is 0.168 e. The predicted octanol–water partition coefficient (Wildman–Crippen LogP) is 0.766. The average molecular weight is 160 g/mol. The number of hydrogen-bond donors (Lipinski definition) is 1. The van der Waals surface area contributed by atoms with E-state index < -0.39 is 5.79 Å². The summed E-state index contributed by atoms with van der Waals surface area (Å²) in [6.07, 6.45) is -0.137. The molecule has 1 saturated heterocycles. The van der Waals surface area contributed by atoms with Crippen molar-refractivity contribution in [3.63, 3.8) is 0 Å². The van der Waals surface area contributed by atoms with E-state index in [0.717, 1.165) is 0 Å². The van der Waals surface area contributed by atoms with Crippen LogP contribution in [0.25, 0.3) is 0 Å². The third kappa shape index (κ3) is 1.72. The Morgan fingerprint density at radius 2 is 2.27 bits per heavy atom. The summed E-state index contributed by atoms with van der Waals surface area (Å²) < 4.78 is 10.9. The van der Waals surface area contributed by atoms with Gasteiger partial charge >= 0.3 is 0 Å². The van der Waals surface area contributed by atoms with Gasteiger partial charge in [-0.25, -0.2) is 0 Å². The summed E-state index contributed by atoms with van der Waals surface area (Å²) in [5, 5.41) is 8.78. The number of hydrogen-bond acceptors (Lipinski definition) is 3. The molecule has 3 heteroatoms. The molecule has 1 aliphatic heterocycles.